The first-order valence-electron chi connectivity index (χ1n) is 4.21. The monoisotopic (exact) mass is 171 g/mol. The summed E-state index contributed by atoms with van der Waals surface area (Å²) in [6.45, 7) is 4.60. The summed E-state index contributed by atoms with van der Waals surface area (Å²) in [7, 11) is 1.61. The second kappa shape index (κ2) is 3.56. The lowest BCUT2D eigenvalue weighted by molar-refractivity contribution is -0.0841. The van der Waals surface area contributed by atoms with Crippen LogP contribution < -0.4 is 5.32 Å². The Balaban J connectivity index is 2.56. The molecule has 1 aliphatic heterocycles. The van der Waals surface area contributed by atoms with Crippen LogP contribution in [-0.4, -0.2) is 36.5 Å². The molecule has 70 valence electrons. The number of aliphatic hydroxyl groups excluding tert-OH is 1. The van der Waals surface area contributed by atoms with Crippen LogP contribution in [0.2, 0.25) is 0 Å². The Labute approximate surface area is 73.4 Å². The molecule has 2 atom stereocenters. The van der Waals surface area contributed by atoms with Gasteiger partial charge in [0.25, 0.3) is 0 Å². The van der Waals surface area contributed by atoms with Crippen molar-refractivity contribution in [2.45, 2.75) is 31.6 Å². The number of hydrogen-bond acceptors (Lipinski definition) is 3. The Bertz CT molecular complexity index is 177. The molecule has 0 aromatic rings. The first-order valence-corrected chi connectivity index (χ1v) is 4.21. The first kappa shape index (κ1) is 9.71. The Morgan fingerprint density at radius 3 is 2.75 bits per heavy atom. The number of ether oxygens (including phenoxy) is 1. The van der Waals surface area contributed by atoms with Crippen molar-refractivity contribution in [2.75, 3.05) is 13.7 Å². The fraction of sp³-hybridized carbons (Fsp3) is 0.778. The molecule has 2 unspecified atom stereocenters. The van der Waals surface area contributed by atoms with Gasteiger partial charge in [0, 0.05) is 13.7 Å². The van der Waals surface area contributed by atoms with Gasteiger partial charge in [-0.25, -0.2) is 0 Å². The number of aliphatic hydroxyl groups is 1. The maximum atomic E-state index is 9.84. The van der Waals surface area contributed by atoms with Gasteiger partial charge in [-0.15, -0.1) is 0 Å². The van der Waals surface area contributed by atoms with Crippen molar-refractivity contribution in [3.8, 4) is 0 Å². The normalized spacial score (nSPS) is 26.2. The Hall–Kier alpha value is -0.380. The third-order valence-corrected chi connectivity index (χ3v) is 2.39. The molecule has 0 bridgehead atoms. The molecule has 3 heteroatoms. The van der Waals surface area contributed by atoms with Crippen LogP contribution >= 0.6 is 0 Å². The van der Waals surface area contributed by atoms with E-state index in [1.807, 2.05) is 26.0 Å². The van der Waals surface area contributed by atoms with Crippen LogP contribution in [0.25, 0.3) is 0 Å². The minimum Gasteiger partial charge on any atom is -0.388 e. The molecule has 0 radical (unpaired) electrons. The summed E-state index contributed by atoms with van der Waals surface area (Å²) in [6, 6.07) is 0.0277. The summed E-state index contributed by atoms with van der Waals surface area (Å²) in [5.74, 6) is 0. The molecule has 1 aliphatic rings. The van der Waals surface area contributed by atoms with E-state index >= 15 is 0 Å². The molecule has 0 saturated heterocycles. The van der Waals surface area contributed by atoms with E-state index in [-0.39, 0.29) is 6.04 Å². The van der Waals surface area contributed by atoms with E-state index in [1.54, 1.807) is 7.11 Å². The van der Waals surface area contributed by atoms with E-state index in [0.717, 1.165) is 6.54 Å². The summed E-state index contributed by atoms with van der Waals surface area (Å²) in [5.41, 5.74) is -0.494. The zero-order chi connectivity index (χ0) is 9.19. The molecule has 12 heavy (non-hydrogen) atoms. The molecule has 0 saturated carbocycles. The van der Waals surface area contributed by atoms with Crippen molar-refractivity contribution >= 4 is 0 Å². The van der Waals surface area contributed by atoms with Crippen LogP contribution in [0.4, 0.5) is 0 Å². The lowest BCUT2D eigenvalue weighted by Gasteiger charge is -2.32. The van der Waals surface area contributed by atoms with Gasteiger partial charge >= 0.3 is 0 Å². The fourth-order valence-electron chi connectivity index (χ4n) is 1.26. The highest BCUT2D eigenvalue weighted by atomic mass is 16.5. The molecule has 0 amide bonds. The summed E-state index contributed by atoms with van der Waals surface area (Å²) in [5, 5.41) is 13.0. The largest absolute Gasteiger partial charge is 0.388 e. The number of rotatable bonds is 3. The van der Waals surface area contributed by atoms with Crippen LogP contribution in [0, 0.1) is 0 Å². The molecule has 1 rings (SSSR count). The third kappa shape index (κ3) is 1.86. The van der Waals surface area contributed by atoms with Crippen molar-refractivity contribution in [2.24, 2.45) is 0 Å². The maximum absolute atomic E-state index is 9.84. The second-order valence-electron chi connectivity index (χ2n) is 3.61. The molecule has 0 aliphatic carbocycles. The number of hydrogen-bond donors (Lipinski definition) is 2. The lowest BCUT2D eigenvalue weighted by Crippen LogP contribution is -2.49. The van der Waals surface area contributed by atoms with Gasteiger partial charge < -0.3 is 15.2 Å². The van der Waals surface area contributed by atoms with E-state index in [9.17, 15) is 5.11 Å². The topological polar surface area (TPSA) is 41.5 Å². The fourth-order valence-corrected chi connectivity index (χ4v) is 1.26. The van der Waals surface area contributed by atoms with Gasteiger partial charge in [0.15, 0.2) is 0 Å². The predicted octanol–water partition coefficient (Wildman–Crippen LogP) is 0.300. The van der Waals surface area contributed by atoms with Gasteiger partial charge in [-0.05, 0) is 13.8 Å². The van der Waals surface area contributed by atoms with Crippen molar-refractivity contribution in [1.82, 2.24) is 5.32 Å². The van der Waals surface area contributed by atoms with E-state index in [0.29, 0.717) is 0 Å². The van der Waals surface area contributed by atoms with Gasteiger partial charge in [0.1, 0.15) is 6.10 Å². The molecular weight excluding hydrogens is 154 g/mol. The molecule has 0 fully saturated rings. The number of nitrogens with one attached hydrogen (secondary N) is 1. The van der Waals surface area contributed by atoms with Gasteiger partial charge in [-0.2, -0.15) is 0 Å². The average molecular weight is 171 g/mol. The van der Waals surface area contributed by atoms with Gasteiger partial charge in [-0.1, -0.05) is 12.2 Å². The van der Waals surface area contributed by atoms with Crippen molar-refractivity contribution in [3.63, 3.8) is 0 Å². The quantitative estimate of drug-likeness (QED) is 0.600. The predicted molar refractivity (Wildman–Crippen MR) is 48.0 cm³/mol. The van der Waals surface area contributed by atoms with Crippen LogP contribution in [0.15, 0.2) is 12.2 Å². The molecule has 0 aromatic heterocycles. The summed E-state index contributed by atoms with van der Waals surface area (Å²) in [6.07, 6.45) is 3.49. The van der Waals surface area contributed by atoms with E-state index in [1.165, 1.54) is 0 Å². The molecule has 2 N–H and O–H groups in total. The van der Waals surface area contributed by atoms with E-state index in [2.05, 4.69) is 5.32 Å². The highest BCUT2D eigenvalue weighted by Gasteiger charge is 2.33. The average Bonchev–Trinajstić information content (AvgIpc) is 2.55. The highest BCUT2D eigenvalue weighted by Crippen LogP contribution is 2.18. The summed E-state index contributed by atoms with van der Waals surface area (Å²) >= 11 is 0. The van der Waals surface area contributed by atoms with Crippen LogP contribution in [0.5, 0.6) is 0 Å². The van der Waals surface area contributed by atoms with Crippen LogP contribution in [-0.2, 0) is 4.74 Å². The second-order valence-corrected chi connectivity index (χ2v) is 3.61. The molecule has 3 nitrogen and oxygen atoms in total. The van der Waals surface area contributed by atoms with Crippen molar-refractivity contribution in [1.29, 1.82) is 0 Å². The zero-order valence-corrected chi connectivity index (χ0v) is 7.87. The smallest absolute Gasteiger partial charge is 0.101 e. The SMILES string of the molecule is COC(C)(C)C(O)C1C=CCN1. The first-order chi connectivity index (χ1) is 5.58. The number of methoxy groups -OCH3 is 1. The lowest BCUT2D eigenvalue weighted by atomic mass is 9.95. The molecular formula is C9H17NO2. The van der Waals surface area contributed by atoms with Crippen molar-refractivity contribution in [3.05, 3.63) is 12.2 Å². The third-order valence-electron chi connectivity index (χ3n) is 2.39. The summed E-state index contributed by atoms with van der Waals surface area (Å²) in [4.78, 5) is 0. The van der Waals surface area contributed by atoms with E-state index < -0.39 is 11.7 Å². The Kier molecular flexibility index (Phi) is 2.88. The standard InChI is InChI=1S/C9H17NO2/c1-9(2,12-3)8(11)7-5-4-6-10-7/h4-5,7-8,10-11H,6H2,1-3H3. The Morgan fingerprint density at radius 2 is 2.33 bits per heavy atom. The minimum atomic E-state index is -0.499. The zero-order valence-electron chi connectivity index (χ0n) is 7.87. The van der Waals surface area contributed by atoms with E-state index in [4.69, 9.17) is 4.74 Å². The van der Waals surface area contributed by atoms with Gasteiger partial charge in [0.2, 0.25) is 0 Å². The highest BCUT2D eigenvalue weighted by molar-refractivity contribution is 5.08. The molecule has 1 heterocycles. The minimum absolute atomic E-state index is 0.0277. The van der Waals surface area contributed by atoms with Gasteiger partial charge in [-0.3, -0.25) is 0 Å². The van der Waals surface area contributed by atoms with Gasteiger partial charge in [0.05, 0.1) is 11.6 Å². The molecule has 0 spiro atoms. The van der Waals surface area contributed by atoms with Crippen molar-refractivity contribution < 1.29 is 9.84 Å². The summed E-state index contributed by atoms with van der Waals surface area (Å²) < 4.78 is 5.19. The maximum Gasteiger partial charge on any atom is 0.101 e. The molecule has 0 aromatic carbocycles. The van der Waals surface area contributed by atoms with Crippen LogP contribution in [0.1, 0.15) is 13.8 Å². The Morgan fingerprint density at radius 1 is 1.67 bits per heavy atom. The van der Waals surface area contributed by atoms with Crippen LogP contribution in [0.3, 0.4) is 0 Å².